The Balaban J connectivity index is 1.45. The highest BCUT2D eigenvalue weighted by molar-refractivity contribution is 7.92. The molecule has 8 heteroatoms. The van der Waals surface area contributed by atoms with Gasteiger partial charge in [-0.3, -0.25) is 4.72 Å². The number of ether oxygens (including phenoxy) is 1. The van der Waals surface area contributed by atoms with Crippen molar-refractivity contribution in [1.29, 1.82) is 0 Å². The Morgan fingerprint density at radius 2 is 1.79 bits per heavy atom. The second-order valence-electron chi connectivity index (χ2n) is 7.77. The summed E-state index contributed by atoms with van der Waals surface area (Å²) in [5.41, 5.74) is 3.78. The largest absolute Gasteiger partial charge is 0.495 e. The van der Waals surface area contributed by atoms with E-state index in [-0.39, 0.29) is 9.92 Å². The van der Waals surface area contributed by atoms with Gasteiger partial charge in [-0.05, 0) is 60.9 Å². The summed E-state index contributed by atoms with van der Waals surface area (Å²) >= 11 is 6.08. The lowest BCUT2D eigenvalue weighted by atomic mass is 10.1. The Bertz CT molecular complexity index is 1370. The fourth-order valence-electron chi connectivity index (χ4n) is 3.81. The van der Waals surface area contributed by atoms with E-state index in [1.807, 2.05) is 30.3 Å². The number of fused-ring (bicyclic) bond motifs is 1. The van der Waals surface area contributed by atoms with Gasteiger partial charge in [0.25, 0.3) is 10.0 Å². The molecule has 0 atom stereocenters. The van der Waals surface area contributed by atoms with Crippen LogP contribution in [0.2, 0.25) is 5.02 Å². The molecule has 0 bridgehead atoms. The van der Waals surface area contributed by atoms with Crippen LogP contribution in [0.4, 0.5) is 5.69 Å². The van der Waals surface area contributed by atoms with Crippen LogP contribution < -0.4 is 9.46 Å². The van der Waals surface area contributed by atoms with Gasteiger partial charge in [0.15, 0.2) is 0 Å². The van der Waals surface area contributed by atoms with Crippen LogP contribution in [-0.2, 0) is 29.4 Å². The molecule has 0 aliphatic carbocycles. The first-order valence-corrected chi connectivity index (χ1v) is 12.7. The Hall–Kier alpha value is -3.03. The maximum atomic E-state index is 12.7. The van der Waals surface area contributed by atoms with Crippen molar-refractivity contribution in [2.24, 2.45) is 0 Å². The number of para-hydroxylation sites is 2. The Morgan fingerprint density at radius 1 is 1.03 bits per heavy atom. The lowest BCUT2D eigenvalue weighted by Gasteiger charge is -2.11. The van der Waals surface area contributed by atoms with E-state index in [1.165, 1.54) is 25.3 Å². The number of anilines is 1. The van der Waals surface area contributed by atoms with Crippen molar-refractivity contribution in [3.63, 3.8) is 0 Å². The monoisotopic (exact) mass is 483 g/mol. The maximum absolute atomic E-state index is 12.7. The van der Waals surface area contributed by atoms with E-state index < -0.39 is 10.0 Å². The van der Waals surface area contributed by atoms with E-state index >= 15 is 0 Å². The van der Waals surface area contributed by atoms with Gasteiger partial charge in [0, 0.05) is 18.7 Å². The first-order chi connectivity index (χ1) is 15.9. The van der Waals surface area contributed by atoms with Crippen LogP contribution >= 0.6 is 11.6 Å². The smallest absolute Gasteiger partial charge is 0.261 e. The van der Waals surface area contributed by atoms with Crippen LogP contribution in [0, 0.1) is 0 Å². The Morgan fingerprint density at radius 3 is 2.48 bits per heavy atom. The highest BCUT2D eigenvalue weighted by atomic mass is 35.5. The molecule has 1 heterocycles. The van der Waals surface area contributed by atoms with Crippen LogP contribution in [0.15, 0.2) is 71.6 Å². The average molecular weight is 484 g/mol. The van der Waals surface area contributed by atoms with Gasteiger partial charge >= 0.3 is 0 Å². The Labute approximate surface area is 199 Å². The lowest BCUT2D eigenvalue weighted by Crippen LogP contribution is -2.13. The summed E-state index contributed by atoms with van der Waals surface area (Å²) < 4.78 is 35.4. The van der Waals surface area contributed by atoms with Crippen molar-refractivity contribution in [1.82, 2.24) is 9.55 Å². The number of aryl methyl sites for hydroxylation is 3. The fourth-order valence-corrected chi connectivity index (χ4v) is 5.22. The number of hydrogen-bond donors (Lipinski definition) is 1. The summed E-state index contributed by atoms with van der Waals surface area (Å²) in [5.74, 6) is 1.49. The van der Waals surface area contributed by atoms with E-state index in [0.717, 1.165) is 48.2 Å². The third-order valence-electron chi connectivity index (χ3n) is 5.46. The second kappa shape index (κ2) is 9.85. The number of nitrogens with zero attached hydrogens (tertiary/aromatic N) is 2. The van der Waals surface area contributed by atoms with Gasteiger partial charge < -0.3 is 9.30 Å². The topological polar surface area (TPSA) is 73.2 Å². The minimum Gasteiger partial charge on any atom is -0.495 e. The normalized spacial score (nSPS) is 11.6. The highest BCUT2D eigenvalue weighted by Gasteiger charge is 2.16. The quantitative estimate of drug-likeness (QED) is 0.331. The molecular formula is C25H26ClN3O3S. The van der Waals surface area contributed by atoms with Crippen LogP contribution in [0.1, 0.15) is 24.7 Å². The van der Waals surface area contributed by atoms with Crippen LogP contribution in [0.25, 0.3) is 11.0 Å². The summed E-state index contributed by atoms with van der Waals surface area (Å²) in [7, 11) is -2.28. The maximum Gasteiger partial charge on any atom is 0.261 e. The number of methoxy groups -OCH3 is 1. The number of benzene rings is 3. The predicted octanol–water partition coefficient (Wildman–Crippen LogP) is 5.69. The first kappa shape index (κ1) is 23.1. The first-order valence-electron chi connectivity index (χ1n) is 10.8. The van der Waals surface area contributed by atoms with Gasteiger partial charge in [0.1, 0.15) is 11.6 Å². The molecule has 3 aromatic carbocycles. The fraction of sp³-hybridized carbons (Fsp3) is 0.240. The van der Waals surface area contributed by atoms with E-state index in [4.69, 9.17) is 21.3 Å². The number of hydrogen-bond acceptors (Lipinski definition) is 4. The molecule has 33 heavy (non-hydrogen) atoms. The highest BCUT2D eigenvalue weighted by Crippen LogP contribution is 2.28. The van der Waals surface area contributed by atoms with E-state index in [9.17, 15) is 8.42 Å². The van der Waals surface area contributed by atoms with Gasteiger partial charge in [-0.1, -0.05) is 42.8 Å². The Kier molecular flexibility index (Phi) is 6.91. The van der Waals surface area contributed by atoms with E-state index in [2.05, 4.69) is 22.3 Å². The number of halogens is 1. The molecule has 0 fully saturated rings. The van der Waals surface area contributed by atoms with Gasteiger partial charge in [-0.25, -0.2) is 13.4 Å². The molecule has 0 amide bonds. The molecule has 0 aliphatic rings. The van der Waals surface area contributed by atoms with E-state index in [0.29, 0.717) is 11.4 Å². The zero-order chi connectivity index (χ0) is 23.4. The molecule has 1 N–H and O–H groups in total. The molecule has 0 saturated carbocycles. The number of nitrogens with one attached hydrogen (secondary N) is 1. The van der Waals surface area contributed by atoms with Crippen molar-refractivity contribution < 1.29 is 13.2 Å². The van der Waals surface area contributed by atoms with Crippen molar-refractivity contribution in [3.05, 3.63) is 83.1 Å². The molecule has 0 aliphatic heterocycles. The number of imidazole rings is 1. The molecule has 0 saturated heterocycles. The summed E-state index contributed by atoms with van der Waals surface area (Å²) in [6.45, 7) is 3.10. The van der Waals surface area contributed by atoms with Crippen LogP contribution in [-0.4, -0.2) is 25.1 Å². The third-order valence-corrected chi connectivity index (χ3v) is 7.13. The SMILES string of the molecule is CCCn1c(CCc2ccc(NS(=O)(=O)c3ccc(OC)c(Cl)c3)cc2)nc2ccccc21. The summed E-state index contributed by atoms with van der Waals surface area (Å²) in [4.78, 5) is 4.89. The molecule has 0 unspecified atom stereocenters. The molecule has 172 valence electrons. The number of rotatable bonds is 9. The summed E-state index contributed by atoms with van der Waals surface area (Å²) in [5, 5.41) is 0.241. The van der Waals surface area contributed by atoms with Crippen LogP contribution in [0.3, 0.4) is 0 Å². The minimum absolute atomic E-state index is 0.0761. The summed E-state index contributed by atoms with van der Waals surface area (Å²) in [6, 6.07) is 20.0. The molecule has 1 aromatic heterocycles. The molecule has 6 nitrogen and oxygen atoms in total. The van der Waals surface area contributed by atoms with Crippen molar-refractivity contribution >= 4 is 38.3 Å². The molecule has 4 rings (SSSR count). The van der Waals surface area contributed by atoms with Crippen molar-refractivity contribution in [2.45, 2.75) is 37.6 Å². The van der Waals surface area contributed by atoms with Gasteiger partial charge in [-0.2, -0.15) is 0 Å². The minimum atomic E-state index is -3.76. The zero-order valence-corrected chi connectivity index (χ0v) is 20.2. The molecular weight excluding hydrogens is 458 g/mol. The predicted molar refractivity (Wildman–Crippen MR) is 133 cm³/mol. The number of sulfonamides is 1. The molecule has 0 spiro atoms. The van der Waals surface area contributed by atoms with Crippen molar-refractivity contribution in [2.75, 3.05) is 11.8 Å². The van der Waals surface area contributed by atoms with Gasteiger partial charge in [0.2, 0.25) is 0 Å². The third kappa shape index (κ3) is 5.15. The summed E-state index contributed by atoms with van der Waals surface area (Å²) in [6.07, 6.45) is 2.67. The second-order valence-corrected chi connectivity index (χ2v) is 9.86. The van der Waals surface area contributed by atoms with Gasteiger partial charge in [-0.15, -0.1) is 0 Å². The average Bonchev–Trinajstić information content (AvgIpc) is 3.16. The van der Waals surface area contributed by atoms with Crippen molar-refractivity contribution in [3.8, 4) is 5.75 Å². The van der Waals surface area contributed by atoms with Gasteiger partial charge in [0.05, 0.1) is 28.1 Å². The lowest BCUT2D eigenvalue weighted by molar-refractivity contribution is 0.414. The standard InChI is InChI=1S/C25H26ClN3O3S/c1-3-16-29-23-7-5-4-6-22(23)27-25(29)15-10-18-8-11-19(12-9-18)28-33(30,31)20-13-14-24(32-2)21(26)17-20/h4-9,11-14,17,28H,3,10,15-16H2,1-2H3. The molecule has 4 aromatic rings. The number of aromatic nitrogens is 2. The molecule has 0 radical (unpaired) electrons. The van der Waals surface area contributed by atoms with E-state index in [1.54, 1.807) is 12.1 Å². The van der Waals surface area contributed by atoms with Crippen LogP contribution in [0.5, 0.6) is 5.75 Å². The zero-order valence-electron chi connectivity index (χ0n) is 18.6.